The summed E-state index contributed by atoms with van der Waals surface area (Å²) >= 11 is 0. The zero-order chi connectivity index (χ0) is 16.7. The fourth-order valence-electron chi connectivity index (χ4n) is 3.41. The summed E-state index contributed by atoms with van der Waals surface area (Å²) in [4.78, 5) is 4.40. The van der Waals surface area contributed by atoms with Gasteiger partial charge >= 0.3 is 0 Å². The summed E-state index contributed by atoms with van der Waals surface area (Å²) in [5.41, 5.74) is 6.56. The van der Waals surface area contributed by atoms with Crippen LogP contribution in [0.2, 0.25) is 0 Å². The van der Waals surface area contributed by atoms with Crippen molar-refractivity contribution in [3.8, 4) is 11.3 Å². The third-order valence-corrected chi connectivity index (χ3v) is 4.66. The fraction of sp³-hybridized carbons (Fsp3) is 0.211. The Hall–Kier alpha value is -2.95. The predicted molar refractivity (Wildman–Crippen MR) is 98.8 cm³/mol. The molecule has 0 unspecified atom stereocenters. The van der Waals surface area contributed by atoms with Crippen LogP contribution in [0.3, 0.4) is 0 Å². The summed E-state index contributed by atoms with van der Waals surface area (Å²) in [7, 11) is 4.05. The largest absolute Gasteiger partial charge is 0.388 e. The van der Waals surface area contributed by atoms with E-state index in [9.17, 15) is 0 Å². The molecule has 4 rings (SSSR count). The number of aryl methyl sites for hydroxylation is 1. The van der Waals surface area contributed by atoms with E-state index in [1.54, 1.807) is 10.9 Å². The molecular formula is C19H21N5. The second-order valence-corrected chi connectivity index (χ2v) is 6.12. The first-order chi connectivity index (χ1) is 11.7. The van der Waals surface area contributed by atoms with Gasteiger partial charge in [-0.1, -0.05) is 6.08 Å². The first kappa shape index (κ1) is 14.6. The van der Waals surface area contributed by atoms with Gasteiger partial charge in [-0.3, -0.25) is 0 Å². The van der Waals surface area contributed by atoms with E-state index in [4.69, 9.17) is 5.84 Å². The van der Waals surface area contributed by atoms with Gasteiger partial charge in [-0.05, 0) is 43.2 Å². The molecule has 0 aliphatic heterocycles. The number of likely N-dealkylation sites (N-methyl/N-ethyl adjacent to an activating group) is 1. The van der Waals surface area contributed by atoms with Crippen molar-refractivity contribution in [2.75, 3.05) is 12.9 Å². The Bertz CT molecular complexity index is 971. The molecule has 0 bridgehead atoms. The predicted octanol–water partition coefficient (Wildman–Crippen LogP) is 2.82. The number of hydrogen-bond acceptors (Lipinski definition) is 3. The van der Waals surface area contributed by atoms with Crippen LogP contribution in [0.5, 0.6) is 0 Å². The molecule has 5 nitrogen and oxygen atoms in total. The lowest BCUT2D eigenvalue weighted by molar-refractivity contribution is 0.806. The fourth-order valence-corrected chi connectivity index (χ4v) is 3.41. The van der Waals surface area contributed by atoms with Crippen molar-refractivity contribution in [1.82, 2.24) is 19.5 Å². The third-order valence-electron chi connectivity index (χ3n) is 4.66. The average molecular weight is 319 g/mol. The maximum absolute atomic E-state index is 6.35. The van der Waals surface area contributed by atoms with Crippen LogP contribution < -0.4 is 11.2 Å². The van der Waals surface area contributed by atoms with Gasteiger partial charge in [-0.15, -0.1) is 0 Å². The molecule has 0 radical (unpaired) electrons. The zero-order valence-electron chi connectivity index (χ0n) is 14.0. The van der Waals surface area contributed by atoms with Gasteiger partial charge < -0.3 is 15.7 Å². The number of nitrogens with zero attached hydrogens (tertiary/aromatic N) is 3. The van der Waals surface area contributed by atoms with Crippen LogP contribution in [-0.2, 0) is 13.5 Å². The highest BCUT2D eigenvalue weighted by Gasteiger charge is 2.19. The summed E-state index contributed by atoms with van der Waals surface area (Å²) in [5.74, 6) is 6.35. The number of aromatic nitrogens is 3. The number of pyridine rings is 1. The molecule has 122 valence electrons. The number of hydrogen-bond donors (Lipinski definition) is 2. The lowest BCUT2D eigenvalue weighted by Crippen LogP contribution is -2.10. The van der Waals surface area contributed by atoms with Crippen LogP contribution >= 0.6 is 0 Å². The molecule has 0 spiro atoms. The highest BCUT2D eigenvalue weighted by molar-refractivity contribution is 5.87. The van der Waals surface area contributed by atoms with Gasteiger partial charge in [0.2, 0.25) is 0 Å². The smallest absolute Gasteiger partial charge is 0.158 e. The quantitative estimate of drug-likeness (QED) is 0.714. The molecule has 3 aromatic heterocycles. The van der Waals surface area contributed by atoms with E-state index in [1.165, 1.54) is 11.3 Å². The van der Waals surface area contributed by atoms with Crippen molar-refractivity contribution >= 4 is 17.1 Å². The second kappa shape index (κ2) is 5.60. The second-order valence-electron chi connectivity index (χ2n) is 6.12. The Morgan fingerprint density at radius 1 is 1.33 bits per heavy atom. The summed E-state index contributed by atoms with van der Waals surface area (Å²) < 4.78 is 3.89. The molecule has 0 aromatic carbocycles. The highest BCUT2D eigenvalue weighted by Crippen LogP contribution is 2.33. The van der Waals surface area contributed by atoms with Gasteiger partial charge in [0, 0.05) is 54.4 Å². The van der Waals surface area contributed by atoms with Gasteiger partial charge in [-0.2, -0.15) is 0 Å². The SMILES string of the molecule is CNC1=C/c2c(-c3cc4cccnc4n3N)cn(C)c2CC/C=C\1. The molecule has 0 saturated carbocycles. The number of allylic oxidation sites excluding steroid dienone is 2. The van der Waals surface area contributed by atoms with Crippen LogP contribution in [0.1, 0.15) is 17.7 Å². The van der Waals surface area contributed by atoms with Crippen LogP contribution in [0.25, 0.3) is 28.4 Å². The number of nitrogens with one attached hydrogen (secondary N) is 1. The van der Waals surface area contributed by atoms with Gasteiger partial charge in [0.25, 0.3) is 0 Å². The van der Waals surface area contributed by atoms with Crippen LogP contribution in [0.15, 0.2) is 48.4 Å². The molecule has 3 N–H and O–H groups in total. The molecule has 0 saturated heterocycles. The van der Waals surface area contributed by atoms with Crippen molar-refractivity contribution in [3.63, 3.8) is 0 Å². The first-order valence-corrected chi connectivity index (χ1v) is 8.15. The van der Waals surface area contributed by atoms with E-state index in [2.05, 4.69) is 52.4 Å². The molecule has 0 atom stereocenters. The monoisotopic (exact) mass is 319 g/mol. The summed E-state index contributed by atoms with van der Waals surface area (Å²) in [6.45, 7) is 0. The van der Waals surface area contributed by atoms with Gasteiger partial charge in [0.1, 0.15) is 0 Å². The first-order valence-electron chi connectivity index (χ1n) is 8.15. The summed E-state index contributed by atoms with van der Waals surface area (Å²) in [5, 5.41) is 4.31. The third kappa shape index (κ3) is 2.21. The van der Waals surface area contributed by atoms with Crippen molar-refractivity contribution in [2.24, 2.45) is 7.05 Å². The van der Waals surface area contributed by atoms with Gasteiger partial charge in [0.15, 0.2) is 5.65 Å². The maximum Gasteiger partial charge on any atom is 0.158 e. The molecule has 3 aromatic rings. The topological polar surface area (TPSA) is 60.8 Å². The number of nitrogens with two attached hydrogens (primary N) is 1. The normalized spacial score (nSPS) is 17.7. The zero-order valence-corrected chi connectivity index (χ0v) is 14.0. The van der Waals surface area contributed by atoms with Gasteiger partial charge in [0.05, 0.1) is 5.69 Å². The minimum Gasteiger partial charge on any atom is -0.388 e. The van der Waals surface area contributed by atoms with E-state index < -0.39 is 0 Å². The van der Waals surface area contributed by atoms with E-state index in [1.807, 2.05) is 19.2 Å². The van der Waals surface area contributed by atoms with E-state index in [-0.39, 0.29) is 0 Å². The number of rotatable bonds is 2. The Kier molecular flexibility index (Phi) is 3.41. The maximum atomic E-state index is 6.35. The number of fused-ring (bicyclic) bond motifs is 2. The van der Waals surface area contributed by atoms with Crippen molar-refractivity contribution in [3.05, 3.63) is 59.7 Å². The highest BCUT2D eigenvalue weighted by atomic mass is 15.3. The molecule has 5 heteroatoms. The lowest BCUT2D eigenvalue weighted by atomic mass is 10.0. The van der Waals surface area contributed by atoms with Crippen LogP contribution in [0.4, 0.5) is 0 Å². The minimum absolute atomic E-state index is 0.800. The molecule has 24 heavy (non-hydrogen) atoms. The van der Waals surface area contributed by atoms with E-state index in [0.29, 0.717) is 0 Å². The standard InChI is InChI=1S/C19H21N5/c1-21-14-7-3-4-8-17-15(11-14)16(12-23(17)2)18-10-13-6-5-9-22-19(13)24(18)20/h3,5-7,9-12,21H,4,8,20H2,1-2H3/b7-3-,14-11+. The van der Waals surface area contributed by atoms with Crippen molar-refractivity contribution in [1.29, 1.82) is 0 Å². The van der Waals surface area contributed by atoms with Crippen molar-refractivity contribution < 1.29 is 0 Å². The Morgan fingerprint density at radius 3 is 3.00 bits per heavy atom. The van der Waals surface area contributed by atoms with E-state index >= 15 is 0 Å². The average Bonchev–Trinajstić information content (AvgIpc) is 3.05. The molecule has 1 aliphatic rings. The molecular weight excluding hydrogens is 298 g/mol. The Balaban J connectivity index is 1.98. The van der Waals surface area contributed by atoms with Crippen LogP contribution in [-0.4, -0.2) is 21.3 Å². The summed E-state index contributed by atoms with van der Waals surface area (Å²) in [6.07, 6.45) is 12.5. The number of nitrogen functional groups attached to an aromatic ring is 1. The minimum atomic E-state index is 0.800. The van der Waals surface area contributed by atoms with Gasteiger partial charge in [-0.25, -0.2) is 9.66 Å². The van der Waals surface area contributed by atoms with Crippen LogP contribution in [0, 0.1) is 0 Å². The molecule has 1 aliphatic carbocycles. The lowest BCUT2D eigenvalue weighted by Gasteiger charge is -2.10. The molecule has 0 amide bonds. The summed E-state index contributed by atoms with van der Waals surface area (Å²) in [6, 6.07) is 6.09. The Labute approximate surface area is 141 Å². The molecule has 0 fully saturated rings. The van der Waals surface area contributed by atoms with E-state index in [0.717, 1.165) is 40.8 Å². The molecule has 3 heterocycles. The Morgan fingerprint density at radius 2 is 2.21 bits per heavy atom. The van der Waals surface area contributed by atoms with Crippen molar-refractivity contribution in [2.45, 2.75) is 12.8 Å².